The number of ether oxygens (including phenoxy) is 3. The van der Waals surface area contributed by atoms with Crippen LogP contribution in [-0.2, 0) is 27.1 Å². The number of epoxide rings is 1. The third-order valence-corrected chi connectivity index (χ3v) is 8.80. The van der Waals surface area contributed by atoms with Crippen molar-refractivity contribution >= 4 is 44.4 Å². The number of aromatic hydroxyl groups is 1. The molecule has 220 valence electrons. The number of nitrogens with zero attached hydrogens (tertiary/aromatic N) is 1. The topological polar surface area (TPSA) is 137 Å². The van der Waals surface area contributed by atoms with Gasteiger partial charge < -0.3 is 29.5 Å². The first-order valence-corrected chi connectivity index (χ1v) is 14.4. The van der Waals surface area contributed by atoms with E-state index in [1.807, 2.05) is 44.2 Å². The monoisotopic (exact) mass is 580 g/mol. The van der Waals surface area contributed by atoms with Gasteiger partial charge in [0.1, 0.15) is 45.8 Å². The molecule has 9 heteroatoms. The van der Waals surface area contributed by atoms with E-state index in [-0.39, 0.29) is 34.7 Å². The van der Waals surface area contributed by atoms with Crippen molar-refractivity contribution in [3.05, 3.63) is 81.7 Å². The summed E-state index contributed by atoms with van der Waals surface area (Å²) in [5.74, 6) is 0.547. The smallest absolute Gasteiger partial charge is 0.341 e. The number of anilines is 1. The van der Waals surface area contributed by atoms with Gasteiger partial charge in [0.25, 0.3) is 0 Å². The lowest BCUT2D eigenvalue weighted by Gasteiger charge is -2.39. The van der Waals surface area contributed by atoms with Gasteiger partial charge in [-0.3, -0.25) is 4.79 Å². The minimum atomic E-state index is -1.11. The number of phenolic OH excluding ortho intramolecular Hbond substituents is 1. The predicted octanol–water partition coefficient (Wildman–Crippen LogP) is 5.51. The van der Waals surface area contributed by atoms with E-state index in [1.54, 1.807) is 19.9 Å². The van der Waals surface area contributed by atoms with Gasteiger partial charge in [0.05, 0.1) is 11.6 Å². The van der Waals surface area contributed by atoms with E-state index in [0.717, 1.165) is 27.2 Å². The van der Waals surface area contributed by atoms with E-state index in [0.29, 0.717) is 35.7 Å². The van der Waals surface area contributed by atoms with Crippen molar-refractivity contribution in [2.24, 2.45) is 0 Å². The van der Waals surface area contributed by atoms with E-state index in [9.17, 15) is 14.7 Å². The molecule has 4 heterocycles. The highest BCUT2D eigenvalue weighted by atomic mass is 16.7. The Labute approximate surface area is 247 Å². The number of phenols is 1. The van der Waals surface area contributed by atoms with Gasteiger partial charge in [-0.1, -0.05) is 36.4 Å². The summed E-state index contributed by atoms with van der Waals surface area (Å²) in [5.41, 5.74) is 6.35. The van der Waals surface area contributed by atoms with Gasteiger partial charge in [0, 0.05) is 34.9 Å². The number of hydrogen-bond acceptors (Lipinski definition) is 9. The van der Waals surface area contributed by atoms with Crippen LogP contribution in [0.15, 0.2) is 63.8 Å². The zero-order valence-corrected chi connectivity index (χ0v) is 24.4. The van der Waals surface area contributed by atoms with Crippen LogP contribution in [0.3, 0.4) is 0 Å². The molecule has 7 rings (SSSR count). The maximum Gasteiger partial charge on any atom is 0.341 e. The Balaban J connectivity index is 1.09. The van der Waals surface area contributed by atoms with Gasteiger partial charge in [-0.25, -0.2) is 9.78 Å². The molecule has 0 unspecified atom stereocenters. The van der Waals surface area contributed by atoms with Crippen LogP contribution in [0.25, 0.3) is 32.6 Å². The number of pyridine rings is 1. The fraction of sp³-hybridized carbons (Fsp3) is 0.324. The summed E-state index contributed by atoms with van der Waals surface area (Å²) >= 11 is 0. The minimum absolute atomic E-state index is 0.0764. The number of fused-ring (bicyclic) bond motifs is 5. The normalized spacial score (nSPS) is 22.3. The summed E-state index contributed by atoms with van der Waals surface area (Å²) < 4.78 is 23.8. The molecule has 3 aromatic carbocycles. The summed E-state index contributed by atoms with van der Waals surface area (Å²) in [6.45, 7) is 7.03. The molecule has 3 atom stereocenters. The zero-order chi connectivity index (χ0) is 30.3. The molecule has 2 aliphatic rings. The van der Waals surface area contributed by atoms with E-state index < -0.39 is 23.3 Å². The molecule has 2 aromatic heterocycles. The van der Waals surface area contributed by atoms with Gasteiger partial charge in [-0.05, 0) is 57.6 Å². The van der Waals surface area contributed by atoms with Crippen LogP contribution in [0, 0.1) is 6.92 Å². The highest BCUT2D eigenvalue weighted by Crippen LogP contribution is 2.45. The van der Waals surface area contributed by atoms with Crippen LogP contribution >= 0.6 is 0 Å². The first-order valence-electron chi connectivity index (χ1n) is 14.4. The van der Waals surface area contributed by atoms with E-state index >= 15 is 0 Å². The second kappa shape index (κ2) is 9.44. The zero-order valence-electron chi connectivity index (χ0n) is 24.4. The predicted molar refractivity (Wildman–Crippen MR) is 162 cm³/mol. The lowest BCUT2D eigenvalue weighted by Crippen LogP contribution is -2.50. The summed E-state index contributed by atoms with van der Waals surface area (Å²) in [6.07, 6.45) is 0.331. The molecule has 1 saturated heterocycles. The molecule has 0 saturated carbocycles. The molecule has 0 bridgehead atoms. The van der Waals surface area contributed by atoms with Crippen LogP contribution in [0.4, 0.5) is 5.82 Å². The summed E-state index contributed by atoms with van der Waals surface area (Å²) in [6, 6.07) is 17.0. The number of rotatable bonds is 5. The van der Waals surface area contributed by atoms with Gasteiger partial charge in [0.2, 0.25) is 0 Å². The Kier molecular flexibility index (Phi) is 5.97. The Morgan fingerprint density at radius 3 is 2.72 bits per heavy atom. The van der Waals surface area contributed by atoms with Crippen LogP contribution in [-0.4, -0.2) is 39.5 Å². The van der Waals surface area contributed by atoms with Crippen molar-refractivity contribution in [2.75, 3.05) is 5.73 Å². The molecular formula is C34H32N2O7. The third-order valence-electron chi connectivity index (χ3n) is 8.80. The average molecular weight is 581 g/mol. The number of nitrogen functional groups attached to an aromatic ring is 1. The number of carbonyl (C=O) groups is 1. The molecule has 43 heavy (non-hydrogen) atoms. The largest absolute Gasteiger partial charge is 0.507 e. The Morgan fingerprint density at radius 1 is 1.12 bits per heavy atom. The van der Waals surface area contributed by atoms with Crippen molar-refractivity contribution in [3.63, 3.8) is 0 Å². The van der Waals surface area contributed by atoms with Crippen LogP contribution < -0.4 is 15.9 Å². The average Bonchev–Trinajstić information content (AvgIpc) is 3.62. The van der Waals surface area contributed by atoms with Gasteiger partial charge in [0.15, 0.2) is 11.0 Å². The van der Waals surface area contributed by atoms with Crippen molar-refractivity contribution in [3.8, 4) is 11.5 Å². The van der Waals surface area contributed by atoms with Crippen LogP contribution in [0.1, 0.15) is 44.1 Å². The highest BCUT2D eigenvalue weighted by molar-refractivity contribution is 6.06. The second-order valence-electron chi connectivity index (χ2n) is 12.2. The Morgan fingerprint density at radius 2 is 1.91 bits per heavy atom. The number of aromatic nitrogens is 1. The molecule has 5 aromatic rings. The van der Waals surface area contributed by atoms with E-state index in [4.69, 9.17) is 24.4 Å². The molecule has 3 N–H and O–H groups in total. The van der Waals surface area contributed by atoms with Crippen molar-refractivity contribution in [2.45, 2.75) is 70.4 Å². The van der Waals surface area contributed by atoms with Crippen LogP contribution in [0.5, 0.6) is 11.5 Å². The summed E-state index contributed by atoms with van der Waals surface area (Å²) in [4.78, 5) is 30.7. The number of nitrogens with two attached hydrogens (primary N) is 1. The molecule has 0 radical (unpaired) electrons. The molecular weight excluding hydrogens is 548 g/mol. The number of esters is 1. The number of aryl methyl sites for hydroxylation is 2. The molecule has 0 aliphatic carbocycles. The van der Waals surface area contributed by atoms with Gasteiger partial charge in [-0.2, -0.15) is 0 Å². The number of hydrogen-bond donors (Lipinski definition) is 2. The second-order valence-corrected chi connectivity index (χ2v) is 12.2. The fourth-order valence-electron chi connectivity index (χ4n) is 6.26. The minimum Gasteiger partial charge on any atom is -0.507 e. The molecule has 1 fully saturated rings. The SMILES string of the molecule is Cc1cc(=O)c2c(O)c3c(cc2o1)OC(C)(C)[C@H](OC(=O)[C@@]1(C)O[C@@H]1CCc1cc(N)nc2c1ccc1ccccc12)C3. The quantitative estimate of drug-likeness (QED) is 0.157. The Bertz CT molecular complexity index is 2030. The standard InChI is InChI=1S/C34H32N2O7/c1-17-13-23(37)29-25(40-17)16-24-22(31(29)38)15-27(33(2,3)42-24)41-32(39)34(4)26(43-34)12-10-19-14-28(35)36-30-20-8-6-5-7-18(20)9-11-21(19)30/h5-9,11,13-14,16,26-27,38H,10,12,15H2,1-4H3,(H2,35,36)/t26-,27-,34+/m1/s1. The molecule has 2 aliphatic heterocycles. The molecule has 0 amide bonds. The van der Waals surface area contributed by atoms with Gasteiger partial charge in [-0.15, -0.1) is 0 Å². The maximum absolute atomic E-state index is 13.5. The first-order chi connectivity index (χ1) is 20.4. The lowest BCUT2D eigenvalue weighted by atomic mass is 9.89. The molecule has 0 spiro atoms. The molecule has 9 nitrogen and oxygen atoms in total. The number of carbonyl (C=O) groups excluding carboxylic acids is 1. The maximum atomic E-state index is 13.5. The lowest BCUT2D eigenvalue weighted by molar-refractivity contribution is -0.166. The first kappa shape index (κ1) is 27.2. The van der Waals surface area contributed by atoms with Crippen molar-refractivity contribution < 1.29 is 28.5 Å². The summed E-state index contributed by atoms with van der Waals surface area (Å²) in [5, 5.41) is 14.3. The number of benzene rings is 3. The van der Waals surface area contributed by atoms with Gasteiger partial charge >= 0.3 is 5.97 Å². The van der Waals surface area contributed by atoms with E-state index in [2.05, 4.69) is 17.1 Å². The van der Waals surface area contributed by atoms with Crippen LogP contribution in [0.2, 0.25) is 0 Å². The van der Waals surface area contributed by atoms with E-state index in [1.165, 1.54) is 6.07 Å². The third kappa shape index (κ3) is 4.46. The Hall–Kier alpha value is -4.63. The fourth-order valence-corrected chi connectivity index (χ4v) is 6.26. The highest BCUT2D eigenvalue weighted by Gasteiger charge is 2.60. The van der Waals surface area contributed by atoms with Crippen molar-refractivity contribution in [1.82, 2.24) is 4.98 Å². The summed E-state index contributed by atoms with van der Waals surface area (Å²) in [7, 11) is 0. The van der Waals surface area contributed by atoms with Crippen molar-refractivity contribution in [1.29, 1.82) is 0 Å².